The SMILES string of the molecule is CC[C@]1(c2ccc(OC)cc2)NC(=O)N(CC(=O)NC2C3CC4CC(C3)CC2C4)C1=O. The van der Waals surface area contributed by atoms with E-state index in [1.165, 1.54) is 32.1 Å². The molecule has 4 amide bonds. The summed E-state index contributed by atoms with van der Waals surface area (Å²) in [4.78, 5) is 40.0. The van der Waals surface area contributed by atoms with Crippen molar-refractivity contribution in [3.05, 3.63) is 29.8 Å². The van der Waals surface area contributed by atoms with Crippen LogP contribution >= 0.6 is 0 Å². The van der Waals surface area contributed by atoms with Crippen molar-refractivity contribution >= 4 is 17.8 Å². The Morgan fingerprint density at radius 1 is 1.10 bits per heavy atom. The van der Waals surface area contributed by atoms with E-state index in [9.17, 15) is 14.4 Å². The van der Waals surface area contributed by atoms with Crippen molar-refractivity contribution in [3.63, 3.8) is 0 Å². The van der Waals surface area contributed by atoms with Crippen LogP contribution in [-0.4, -0.2) is 42.4 Å². The van der Waals surface area contributed by atoms with Crippen LogP contribution in [0.1, 0.15) is 51.0 Å². The zero-order valence-corrected chi connectivity index (χ0v) is 18.2. The molecule has 1 aliphatic heterocycles. The Morgan fingerprint density at radius 3 is 2.26 bits per heavy atom. The Kier molecular flexibility index (Phi) is 4.94. The molecule has 4 saturated carbocycles. The van der Waals surface area contributed by atoms with Crippen molar-refractivity contribution in [2.45, 2.75) is 57.0 Å². The predicted octanol–water partition coefficient (Wildman–Crippen LogP) is 2.79. The standard InChI is InChI=1S/C24H31N3O4/c1-3-24(18-4-6-19(31-2)7-5-18)22(29)27(23(30)26-24)13-20(28)25-21-16-9-14-8-15(11-16)12-17(21)10-14/h4-7,14-17,21H,3,8-13H2,1-2H3,(H,25,28)(H,26,30)/t14?,15?,16?,17?,21?,24-/m1/s1. The highest BCUT2D eigenvalue weighted by atomic mass is 16.5. The van der Waals surface area contributed by atoms with E-state index in [1.54, 1.807) is 31.4 Å². The third kappa shape index (κ3) is 3.29. The average Bonchev–Trinajstić information content (AvgIpc) is 3.01. The lowest BCUT2D eigenvalue weighted by molar-refractivity contribution is -0.136. The molecule has 0 spiro atoms. The number of carbonyl (C=O) groups excluding carboxylic acids is 3. The lowest BCUT2D eigenvalue weighted by Crippen LogP contribution is -2.57. The summed E-state index contributed by atoms with van der Waals surface area (Å²) in [5.41, 5.74) is -0.454. The minimum absolute atomic E-state index is 0.193. The normalized spacial score (nSPS) is 35.9. The van der Waals surface area contributed by atoms with Crippen LogP contribution in [0, 0.1) is 23.7 Å². The molecule has 7 heteroatoms. The van der Waals surface area contributed by atoms with Crippen LogP contribution in [0.3, 0.4) is 0 Å². The summed E-state index contributed by atoms with van der Waals surface area (Å²) in [7, 11) is 1.58. The maximum Gasteiger partial charge on any atom is 0.325 e. The summed E-state index contributed by atoms with van der Waals surface area (Å²) in [6.07, 6.45) is 6.59. The highest BCUT2D eigenvalue weighted by Gasteiger charge is 2.52. The molecule has 4 aliphatic carbocycles. The van der Waals surface area contributed by atoms with Gasteiger partial charge in [0.1, 0.15) is 17.8 Å². The van der Waals surface area contributed by atoms with Crippen molar-refractivity contribution < 1.29 is 19.1 Å². The van der Waals surface area contributed by atoms with Gasteiger partial charge in [-0.2, -0.15) is 0 Å². The molecule has 1 atom stereocenters. The number of carbonyl (C=O) groups is 3. The van der Waals surface area contributed by atoms with Crippen LogP contribution in [0.5, 0.6) is 5.75 Å². The van der Waals surface area contributed by atoms with Crippen LogP contribution < -0.4 is 15.4 Å². The Bertz CT molecular complexity index is 871. The molecule has 31 heavy (non-hydrogen) atoms. The molecule has 5 fully saturated rings. The second-order valence-corrected chi connectivity index (χ2v) is 9.83. The molecule has 6 rings (SSSR count). The van der Waals surface area contributed by atoms with Crippen LogP contribution in [0.4, 0.5) is 4.79 Å². The van der Waals surface area contributed by atoms with Crippen LogP contribution in [-0.2, 0) is 15.1 Å². The monoisotopic (exact) mass is 425 g/mol. The number of hydrogen-bond donors (Lipinski definition) is 2. The van der Waals surface area contributed by atoms with Crippen LogP contribution in [0.25, 0.3) is 0 Å². The van der Waals surface area contributed by atoms with Gasteiger partial charge in [0, 0.05) is 6.04 Å². The molecule has 4 bridgehead atoms. The van der Waals surface area contributed by atoms with Crippen molar-refractivity contribution in [2.24, 2.45) is 23.7 Å². The molecule has 0 unspecified atom stereocenters. The number of nitrogens with zero attached hydrogens (tertiary/aromatic N) is 1. The van der Waals surface area contributed by atoms with E-state index in [1.807, 2.05) is 6.92 Å². The van der Waals surface area contributed by atoms with E-state index >= 15 is 0 Å². The summed E-state index contributed by atoms with van der Waals surface area (Å²) in [5, 5.41) is 6.05. The van der Waals surface area contributed by atoms with Gasteiger partial charge in [0.05, 0.1) is 7.11 Å². The number of nitrogens with one attached hydrogen (secondary N) is 2. The number of rotatable bonds is 6. The number of benzene rings is 1. The van der Waals surface area contributed by atoms with Gasteiger partial charge in [-0.15, -0.1) is 0 Å². The minimum atomic E-state index is -1.15. The lowest BCUT2D eigenvalue weighted by Gasteiger charge is -2.54. The van der Waals surface area contributed by atoms with Gasteiger partial charge in [0.2, 0.25) is 5.91 Å². The number of methoxy groups -OCH3 is 1. The Balaban J connectivity index is 1.28. The molecule has 1 aromatic rings. The zero-order valence-electron chi connectivity index (χ0n) is 18.2. The maximum absolute atomic E-state index is 13.3. The van der Waals surface area contributed by atoms with E-state index in [2.05, 4.69) is 10.6 Å². The highest BCUT2D eigenvalue weighted by molar-refractivity contribution is 6.09. The minimum Gasteiger partial charge on any atom is -0.497 e. The van der Waals surface area contributed by atoms with Crippen molar-refractivity contribution in [3.8, 4) is 5.75 Å². The molecule has 5 aliphatic rings. The molecule has 7 nitrogen and oxygen atoms in total. The van der Waals surface area contributed by atoms with Crippen molar-refractivity contribution in [1.82, 2.24) is 15.5 Å². The molecule has 1 aromatic carbocycles. The van der Waals surface area contributed by atoms with E-state index in [0.717, 1.165) is 16.7 Å². The Hall–Kier alpha value is -2.57. The van der Waals surface area contributed by atoms with Gasteiger partial charge in [0.25, 0.3) is 5.91 Å². The summed E-state index contributed by atoms with van der Waals surface area (Å²) < 4.78 is 5.20. The molecule has 0 aromatic heterocycles. The second-order valence-electron chi connectivity index (χ2n) is 9.83. The van der Waals surface area contributed by atoms with E-state index < -0.39 is 11.6 Å². The number of amides is 4. The molecular formula is C24H31N3O4. The summed E-state index contributed by atoms with van der Waals surface area (Å²) in [5.74, 6) is 2.84. The smallest absolute Gasteiger partial charge is 0.325 e. The number of ether oxygens (including phenoxy) is 1. The van der Waals surface area contributed by atoms with Crippen molar-refractivity contribution in [1.29, 1.82) is 0 Å². The quantitative estimate of drug-likeness (QED) is 0.686. The third-order valence-corrected chi connectivity index (χ3v) is 8.14. The van der Waals surface area contributed by atoms with Gasteiger partial charge >= 0.3 is 6.03 Å². The van der Waals surface area contributed by atoms with E-state index in [-0.39, 0.29) is 24.4 Å². The first-order valence-electron chi connectivity index (χ1n) is 11.5. The molecule has 0 radical (unpaired) electrons. The van der Waals surface area contributed by atoms with Crippen LogP contribution in [0.2, 0.25) is 0 Å². The molecule has 1 heterocycles. The molecule has 1 saturated heterocycles. The van der Waals surface area contributed by atoms with Gasteiger partial charge < -0.3 is 15.4 Å². The number of urea groups is 1. The zero-order chi connectivity index (χ0) is 21.8. The Labute approximate surface area is 182 Å². The average molecular weight is 426 g/mol. The maximum atomic E-state index is 13.3. The first kappa shape index (κ1) is 20.3. The molecular weight excluding hydrogens is 394 g/mol. The third-order valence-electron chi connectivity index (χ3n) is 8.14. The van der Waals surface area contributed by atoms with Crippen LogP contribution in [0.15, 0.2) is 24.3 Å². The fourth-order valence-electron chi connectivity index (χ4n) is 6.82. The van der Waals surface area contributed by atoms with Crippen molar-refractivity contribution in [2.75, 3.05) is 13.7 Å². The first-order valence-corrected chi connectivity index (χ1v) is 11.5. The van der Waals surface area contributed by atoms with E-state index in [0.29, 0.717) is 29.6 Å². The first-order chi connectivity index (χ1) is 14.9. The van der Waals surface area contributed by atoms with Gasteiger partial charge in [-0.3, -0.25) is 14.5 Å². The topological polar surface area (TPSA) is 87.7 Å². The largest absolute Gasteiger partial charge is 0.497 e. The summed E-state index contributed by atoms with van der Waals surface area (Å²) >= 11 is 0. The summed E-state index contributed by atoms with van der Waals surface area (Å²) in [6, 6.07) is 6.81. The summed E-state index contributed by atoms with van der Waals surface area (Å²) in [6.45, 7) is 1.63. The number of hydrogen-bond acceptors (Lipinski definition) is 4. The van der Waals surface area contributed by atoms with Gasteiger partial charge in [0.15, 0.2) is 0 Å². The number of imide groups is 1. The second kappa shape index (κ2) is 7.53. The van der Waals surface area contributed by atoms with Gasteiger partial charge in [-0.05, 0) is 79.9 Å². The molecule has 2 N–H and O–H groups in total. The fourth-order valence-corrected chi connectivity index (χ4v) is 6.82. The van der Waals surface area contributed by atoms with Gasteiger partial charge in [-0.25, -0.2) is 4.79 Å². The Morgan fingerprint density at radius 2 is 1.71 bits per heavy atom. The fraction of sp³-hybridized carbons (Fsp3) is 0.625. The highest BCUT2D eigenvalue weighted by Crippen LogP contribution is 2.53. The van der Waals surface area contributed by atoms with Gasteiger partial charge in [-0.1, -0.05) is 19.1 Å². The lowest BCUT2D eigenvalue weighted by atomic mass is 9.54. The predicted molar refractivity (Wildman–Crippen MR) is 114 cm³/mol. The molecule has 166 valence electrons. The van der Waals surface area contributed by atoms with E-state index in [4.69, 9.17) is 4.74 Å².